The van der Waals surface area contributed by atoms with Gasteiger partial charge in [0, 0.05) is 17.0 Å². The largest absolute Gasteiger partial charge is 0.212 e. The molecule has 0 bridgehead atoms. The van der Waals surface area contributed by atoms with Crippen molar-refractivity contribution in [3.8, 4) is 51.1 Å². The maximum Gasteiger partial charge on any atom is 0.163 e. The highest BCUT2D eigenvalue weighted by Crippen LogP contribution is 2.37. The average Bonchev–Trinajstić information content (AvgIpc) is 3.18. The number of nitriles is 1. The minimum Gasteiger partial charge on any atom is -0.212 e. The van der Waals surface area contributed by atoms with Crippen molar-refractivity contribution in [2.24, 2.45) is 11.8 Å². The highest BCUT2D eigenvalue weighted by molar-refractivity contribution is 6.05. The van der Waals surface area contributed by atoms with Crippen molar-refractivity contribution in [3.05, 3.63) is 169 Å². The molecule has 49 heavy (non-hydrogen) atoms. The zero-order valence-electron chi connectivity index (χ0n) is 27.2. The van der Waals surface area contributed by atoms with Gasteiger partial charge in [0.15, 0.2) is 11.6 Å². The second-order valence-electron chi connectivity index (χ2n) is 12.7. The molecule has 0 radical (unpaired) electrons. The quantitative estimate of drug-likeness (QED) is 0.184. The van der Waals surface area contributed by atoms with Crippen molar-refractivity contribution in [2.45, 2.75) is 19.3 Å². The lowest BCUT2D eigenvalue weighted by molar-refractivity contribution is 0.619. The molecule has 0 spiro atoms. The lowest BCUT2D eigenvalue weighted by Crippen LogP contribution is -2.08. The van der Waals surface area contributed by atoms with Crippen LogP contribution in [0.15, 0.2) is 158 Å². The molecule has 4 nitrogen and oxygen atoms in total. The molecule has 0 aliphatic heterocycles. The first-order valence-electron chi connectivity index (χ1n) is 16.8. The lowest BCUT2D eigenvalue weighted by Gasteiger charge is -2.18. The molecule has 3 atom stereocenters. The van der Waals surface area contributed by atoms with Crippen LogP contribution >= 0.6 is 0 Å². The number of allylic oxidation sites excluding steroid dienone is 8. The molecule has 2 aliphatic rings. The number of benzene rings is 5. The Hall–Kier alpha value is -6.18. The molecule has 0 amide bonds. The first-order chi connectivity index (χ1) is 24.1. The van der Waals surface area contributed by atoms with Crippen LogP contribution < -0.4 is 0 Å². The van der Waals surface area contributed by atoms with Gasteiger partial charge in [0.1, 0.15) is 5.82 Å². The van der Waals surface area contributed by atoms with Crippen molar-refractivity contribution < 1.29 is 0 Å². The molecule has 1 heterocycles. The van der Waals surface area contributed by atoms with E-state index in [4.69, 9.17) is 15.0 Å². The second-order valence-corrected chi connectivity index (χ2v) is 12.7. The number of hydrogen-bond donors (Lipinski definition) is 0. The summed E-state index contributed by atoms with van der Waals surface area (Å²) >= 11 is 0. The summed E-state index contributed by atoms with van der Waals surface area (Å²) in [5, 5.41) is 11.8. The van der Waals surface area contributed by atoms with E-state index in [-0.39, 0.29) is 17.8 Å². The molecule has 6 aromatic rings. The van der Waals surface area contributed by atoms with Crippen LogP contribution in [0.3, 0.4) is 0 Å². The van der Waals surface area contributed by atoms with Crippen LogP contribution in [0, 0.1) is 23.2 Å². The predicted octanol–water partition coefficient (Wildman–Crippen LogP) is 11.0. The summed E-state index contributed by atoms with van der Waals surface area (Å²) in [6.07, 6.45) is 15.6. The van der Waals surface area contributed by atoms with Crippen molar-refractivity contribution in [2.75, 3.05) is 0 Å². The monoisotopic (exact) mass is 630 g/mol. The fourth-order valence-electron chi connectivity index (χ4n) is 6.80. The fourth-order valence-corrected chi connectivity index (χ4v) is 6.80. The summed E-state index contributed by atoms with van der Waals surface area (Å²) < 4.78 is 0. The van der Waals surface area contributed by atoms with Crippen LogP contribution in [0.4, 0.5) is 0 Å². The Kier molecular flexibility index (Phi) is 8.09. The summed E-state index contributed by atoms with van der Waals surface area (Å²) in [5.74, 6) is 2.43. The Labute approximate surface area is 287 Å². The molecule has 0 saturated carbocycles. The molecule has 1 aromatic heterocycles. The van der Waals surface area contributed by atoms with Crippen molar-refractivity contribution in [1.82, 2.24) is 15.0 Å². The van der Waals surface area contributed by atoms with Crippen LogP contribution in [-0.4, -0.2) is 15.0 Å². The molecule has 5 aromatic carbocycles. The van der Waals surface area contributed by atoms with Gasteiger partial charge in [-0.25, -0.2) is 15.0 Å². The minimum absolute atomic E-state index is 0.0600. The lowest BCUT2D eigenvalue weighted by atomic mass is 9.85. The third kappa shape index (κ3) is 6.04. The summed E-state index contributed by atoms with van der Waals surface area (Å²) in [4.78, 5) is 14.8. The Morgan fingerprint density at radius 1 is 0.592 bits per heavy atom. The van der Waals surface area contributed by atoms with Gasteiger partial charge >= 0.3 is 0 Å². The average molecular weight is 631 g/mol. The molecule has 0 N–H and O–H groups in total. The SMILES string of the molecule is CC1C=C(c2ccc(-c3ccc(-c4ccc(-c5nc(-c6ccccc6)nc(C6C=CC=CC6)n5)cc4)c4ccccc34)cc2)C=CC1C#N. The third-order valence-corrected chi connectivity index (χ3v) is 9.55. The molecule has 3 unspecified atom stereocenters. The van der Waals surface area contributed by atoms with Gasteiger partial charge in [-0.05, 0) is 56.5 Å². The van der Waals surface area contributed by atoms with Gasteiger partial charge in [0.25, 0.3) is 0 Å². The van der Waals surface area contributed by atoms with Gasteiger partial charge in [0.2, 0.25) is 0 Å². The number of rotatable bonds is 6. The predicted molar refractivity (Wildman–Crippen MR) is 200 cm³/mol. The Balaban J connectivity index is 1.12. The minimum atomic E-state index is -0.0600. The molecule has 4 heteroatoms. The summed E-state index contributed by atoms with van der Waals surface area (Å²) in [7, 11) is 0. The molecule has 8 rings (SSSR count). The summed E-state index contributed by atoms with van der Waals surface area (Å²) in [6.45, 7) is 2.10. The first-order valence-corrected chi connectivity index (χ1v) is 16.8. The van der Waals surface area contributed by atoms with Gasteiger partial charge in [-0.3, -0.25) is 0 Å². The van der Waals surface area contributed by atoms with Crippen LogP contribution in [0.5, 0.6) is 0 Å². The van der Waals surface area contributed by atoms with E-state index in [9.17, 15) is 5.26 Å². The molecular weight excluding hydrogens is 597 g/mol. The number of aromatic nitrogens is 3. The normalized spacial score (nSPS) is 18.3. The zero-order chi connectivity index (χ0) is 33.2. The van der Waals surface area contributed by atoms with E-state index in [1.807, 2.05) is 36.4 Å². The van der Waals surface area contributed by atoms with Gasteiger partial charge < -0.3 is 0 Å². The molecule has 234 valence electrons. The Bertz CT molecular complexity index is 2320. The Morgan fingerprint density at radius 3 is 1.73 bits per heavy atom. The van der Waals surface area contributed by atoms with E-state index in [1.54, 1.807) is 0 Å². The summed E-state index contributed by atoms with van der Waals surface area (Å²) in [5.41, 5.74) is 8.97. The first kappa shape index (κ1) is 30.2. The van der Waals surface area contributed by atoms with Crippen LogP contribution in [0.1, 0.15) is 30.7 Å². The molecular formula is C45H34N4. The van der Waals surface area contributed by atoms with Crippen LogP contribution in [-0.2, 0) is 0 Å². The number of fused-ring (bicyclic) bond motifs is 1. The number of hydrogen-bond acceptors (Lipinski definition) is 4. The van der Waals surface area contributed by atoms with Crippen LogP contribution in [0.25, 0.3) is 61.4 Å². The Morgan fingerprint density at radius 2 is 1.16 bits per heavy atom. The highest BCUT2D eigenvalue weighted by Gasteiger charge is 2.19. The van der Waals surface area contributed by atoms with Crippen molar-refractivity contribution in [3.63, 3.8) is 0 Å². The van der Waals surface area contributed by atoms with Crippen LogP contribution in [0.2, 0.25) is 0 Å². The van der Waals surface area contributed by atoms with Gasteiger partial charge in [-0.15, -0.1) is 0 Å². The summed E-state index contributed by atoms with van der Waals surface area (Å²) in [6, 6.07) is 43.0. The maximum absolute atomic E-state index is 9.37. The van der Waals surface area contributed by atoms with Gasteiger partial charge in [-0.2, -0.15) is 5.26 Å². The topological polar surface area (TPSA) is 62.5 Å². The highest BCUT2D eigenvalue weighted by atomic mass is 15.0. The van der Waals surface area contributed by atoms with E-state index in [1.165, 1.54) is 33.0 Å². The van der Waals surface area contributed by atoms with E-state index < -0.39 is 0 Å². The van der Waals surface area contributed by atoms with Crippen molar-refractivity contribution in [1.29, 1.82) is 5.26 Å². The smallest absolute Gasteiger partial charge is 0.163 e. The van der Waals surface area contributed by atoms with E-state index in [0.29, 0.717) is 11.6 Å². The molecule has 0 saturated heterocycles. The second kappa shape index (κ2) is 13.1. The fraction of sp³-hybridized carbons (Fsp3) is 0.111. The van der Waals surface area contributed by atoms with Gasteiger partial charge in [0.05, 0.1) is 12.0 Å². The zero-order valence-corrected chi connectivity index (χ0v) is 27.2. The molecule has 2 aliphatic carbocycles. The standard InChI is InChI=1S/C45H34N4/c1-30-28-37(24-25-38(30)29-46)31-16-18-32(19-17-31)39-26-27-40(42-15-9-8-14-41(39)42)33-20-22-36(23-21-33)45-48-43(34-10-4-2-5-11-34)47-44(49-45)35-12-6-3-7-13-35/h2-12,14-28,30,35,38H,13H2,1H3. The van der Waals surface area contributed by atoms with E-state index in [0.717, 1.165) is 34.5 Å². The number of nitrogens with zero attached hydrogens (tertiary/aromatic N) is 4. The molecule has 0 fully saturated rings. The van der Waals surface area contributed by atoms with E-state index in [2.05, 4.69) is 134 Å². The van der Waals surface area contributed by atoms with Gasteiger partial charge in [-0.1, -0.05) is 165 Å². The third-order valence-electron chi connectivity index (χ3n) is 9.55. The van der Waals surface area contributed by atoms with E-state index >= 15 is 0 Å². The van der Waals surface area contributed by atoms with Crippen molar-refractivity contribution >= 4 is 16.3 Å². The maximum atomic E-state index is 9.37.